The van der Waals surface area contributed by atoms with E-state index in [1.54, 1.807) is 48.5 Å². The summed E-state index contributed by atoms with van der Waals surface area (Å²) in [6.07, 6.45) is 0.0865. The smallest absolute Gasteiger partial charge is 0.227 e. The molecule has 3 rings (SSSR count). The number of carbonyl (C=O) groups is 3. The van der Waals surface area contributed by atoms with E-state index in [1.807, 2.05) is 6.07 Å². The standard InChI is InChI=1S/C18H16N2O3/c19-18(23)13-10-16(21)20(11-13)15-9-5-4-8-14(15)17(22)12-6-2-1-3-7-12/h1-9,13H,10-11H2,(H2,19,23). The van der Waals surface area contributed by atoms with Crippen molar-refractivity contribution in [1.82, 2.24) is 0 Å². The summed E-state index contributed by atoms with van der Waals surface area (Å²) >= 11 is 0. The normalized spacial score (nSPS) is 17.3. The average Bonchev–Trinajstić information content (AvgIpc) is 2.97. The van der Waals surface area contributed by atoms with Crippen LogP contribution in [0.4, 0.5) is 5.69 Å². The Morgan fingerprint density at radius 3 is 2.30 bits per heavy atom. The van der Waals surface area contributed by atoms with Gasteiger partial charge in [0.25, 0.3) is 0 Å². The molecule has 0 aromatic heterocycles. The van der Waals surface area contributed by atoms with Gasteiger partial charge in [0.2, 0.25) is 11.8 Å². The van der Waals surface area contributed by atoms with E-state index in [2.05, 4.69) is 0 Å². The molecule has 0 saturated carbocycles. The molecule has 2 aromatic rings. The third-order valence-corrected chi connectivity index (χ3v) is 4.00. The second-order valence-corrected chi connectivity index (χ2v) is 5.52. The average molecular weight is 308 g/mol. The number of rotatable bonds is 4. The van der Waals surface area contributed by atoms with Gasteiger partial charge < -0.3 is 10.6 Å². The van der Waals surface area contributed by atoms with Gasteiger partial charge in [-0.25, -0.2) is 0 Å². The van der Waals surface area contributed by atoms with Gasteiger partial charge in [-0.15, -0.1) is 0 Å². The molecule has 1 fully saturated rings. The van der Waals surface area contributed by atoms with Gasteiger partial charge in [0, 0.05) is 24.1 Å². The van der Waals surface area contributed by atoms with E-state index in [0.29, 0.717) is 16.8 Å². The topological polar surface area (TPSA) is 80.5 Å². The number of hydrogen-bond donors (Lipinski definition) is 1. The maximum Gasteiger partial charge on any atom is 0.227 e. The number of primary amides is 1. The number of amides is 2. The highest BCUT2D eigenvalue weighted by molar-refractivity contribution is 6.14. The van der Waals surface area contributed by atoms with Gasteiger partial charge in [-0.2, -0.15) is 0 Å². The molecule has 1 aliphatic rings. The van der Waals surface area contributed by atoms with Crippen molar-refractivity contribution in [2.24, 2.45) is 11.7 Å². The van der Waals surface area contributed by atoms with Crippen LogP contribution in [0.3, 0.4) is 0 Å². The van der Waals surface area contributed by atoms with Crippen LogP contribution in [-0.4, -0.2) is 24.1 Å². The van der Waals surface area contributed by atoms with Crippen molar-refractivity contribution >= 4 is 23.3 Å². The van der Waals surface area contributed by atoms with Crippen molar-refractivity contribution < 1.29 is 14.4 Å². The zero-order valence-electron chi connectivity index (χ0n) is 12.4. The lowest BCUT2D eigenvalue weighted by Crippen LogP contribution is -2.29. The minimum Gasteiger partial charge on any atom is -0.369 e. The molecule has 0 radical (unpaired) electrons. The van der Waals surface area contributed by atoms with Crippen LogP contribution in [0.2, 0.25) is 0 Å². The van der Waals surface area contributed by atoms with Crippen LogP contribution in [0, 0.1) is 5.92 Å². The van der Waals surface area contributed by atoms with Crippen molar-refractivity contribution in [3.05, 3.63) is 65.7 Å². The van der Waals surface area contributed by atoms with Crippen LogP contribution < -0.4 is 10.6 Å². The molecule has 23 heavy (non-hydrogen) atoms. The number of anilines is 1. The molecule has 0 spiro atoms. The number of carbonyl (C=O) groups excluding carboxylic acids is 3. The summed E-state index contributed by atoms with van der Waals surface area (Å²) in [6, 6.07) is 15.8. The molecule has 1 unspecified atom stereocenters. The highest BCUT2D eigenvalue weighted by atomic mass is 16.2. The van der Waals surface area contributed by atoms with E-state index in [9.17, 15) is 14.4 Å². The maximum absolute atomic E-state index is 12.7. The first-order valence-electron chi connectivity index (χ1n) is 7.36. The summed E-state index contributed by atoms with van der Waals surface area (Å²) in [7, 11) is 0. The largest absolute Gasteiger partial charge is 0.369 e. The molecule has 1 atom stereocenters. The number of benzene rings is 2. The molecule has 2 amide bonds. The first-order chi connectivity index (χ1) is 11.1. The highest BCUT2D eigenvalue weighted by Gasteiger charge is 2.35. The van der Waals surface area contributed by atoms with Crippen LogP contribution in [0.15, 0.2) is 54.6 Å². The van der Waals surface area contributed by atoms with Crippen LogP contribution in [0.1, 0.15) is 22.3 Å². The van der Waals surface area contributed by atoms with Crippen molar-refractivity contribution in [3.8, 4) is 0 Å². The highest BCUT2D eigenvalue weighted by Crippen LogP contribution is 2.29. The molecule has 5 heteroatoms. The fraction of sp³-hybridized carbons (Fsp3) is 0.167. The molecule has 1 heterocycles. The van der Waals surface area contributed by atoms with Crippen molar-refractivity contribution in [1.29, 1.82) is 0 Å². The lowest BCUT2D eigenvalue weighted by atomic mass is 10.0. The van der Waals surface area contributed by atoms with E-state index in [-0.39, 0.29) is 24.7 Å². The SMILES string of the molecule is NC(=O)C1CC(=O)N(c2ccccc2C(=O)c2ccccc2)C1. The zero-order valence-corrected chi connectivity index (χ0v) is 12.4. The van der Waals surface area contributed by atoms with Crippen LogP contribution in [0.5, 0.6) is 0 Å². The number of nitrogens with zero attached hydrogens (tertiary/aromatic N) is 1. The Balaban J connectivity index is 1.97. The van der Waals surface area contributed by atoms with Gasteiger partial charge in [-0.05, 0) is 12.1 Å². The first-order valence-corrected chi connectivity index (χ1v) is 7.36. The van der Waals surface area contributed by atoms with E-state index in [1.165, 1.54) is 4.90 Å². The predicted octanol–water partition coefficient (Wildman–Crippen LogP) is 1.76. The molecule has 0 bridgehead atoms. The van der Waals surface area contributed by atoms with Gasteiger partial charge in [0.15, 0.2) is 5.78 Å². The molecule has 1 saturated heterocycles. The Labute approximate surface area is 133 Å². The van der Waals surface area contributed by atoms with Gasteiger partial charge in [-0.1, -0.05) is 42.5 Å². The van der Waals surface area contributed by atoms with Gasteiger partial charge in [0.05, 0.1) is 11.6 Å². The molecule has 116 valence electrons. The molecule has 5 nitrogen and oxygen atoms in total. The van der Waals surface area contributed by atoms with E-state index in [0.717, 1.165) is 0 Å². The van der Waals surface area contributed by atoms with Crippen LogP contribution in [0.25, 0.3) is 0 Å². The summed E-state index contributed by atoms with van der Waals surface area (Å²) in [5.41, 5.74) is 6.82. The third kappa shape index (κ3) is 2.85. The Hall–Kier alpha value is -2.95. The lowest BCUT2D eigenvalue weighted by Gasteiger charge is -2.19. The Morgan fingerprint density at radius 2 is 1.65 bits per heavy atom. The number of para-hydroxylation sites is 1. The minimum absolute atomic E-state index is 0.0865. The fourth-order valence-corrected chi connectivity index (χ4v) is 2.78. The van der Waals surface area contributed by atoms with Gasteiger partial charge in [-0.3, -0.25) is 14.4 Å². The second-order valence-electron chi connectivity index (χ2n) is 5.52. The molecule has 2 N–H and O–H groups in total. The molecule has 0 aliphatic carbocycles. The Bertz CT molecular complexity index is 771. The quantitative estimate of drug-likeness (QED) is 0.874. The first kappa shape index (κ1) is 15.0. The minimum atomic E-state index is -0.512. The van der Waals surface area contributed by atoms with Gasteiger partial charge in [0.1, 0.15) is 0 Å². The number of nitrogens with two attached hydrogens (primary N) is 1. The van der Waals surface area contributed by atoms with Crippen molar-refractivity contribution in [3.63, 3.8) is 0 Å². The van der Waals surface area contributed by atoms with Gasteiger partial charge >= 0.3 is 0 Å². The summed E-state index contributed by atoms with van der Waals surface area (Å²) in [5.74, 6) is -1.35. The maximum atomic E-state index is 12.7. The third-order valence-electron chi connectivity index (χ3n) is 4.00. The lowest BCUT2D eigenvalue weighted by molar-refractivity contribution is -0.123. The summed E-state index contributed by atoms with van der Waals surface area (Å²) in [6.45, 7) is 0.216. The van der Waals surface area contributed by atoms with E-state index >= 15 is 0 Å². The predicted molar refractivity (Wildman–Crippen MR) is 86.0 cm³/mol. The Kier molecular flexibility index (Phi) is 3.93. The second kappa shape index (κ2) is 6.04. The molecular formula is C18H16N2O3. The fourth-order valence-electron chi connectivity index (χ4n) is 2.78. The molecule has 1 aliphatic heterocycles. The number of hydrogen-bond acceptors (Lipinski definition) is 3. The monoisotopic (exact) mass is 308 g/mol. The molecule has 2 aromatic carbocycles. The van der Waals surface area contributed by atoms with Crippen molar-refractivity contribution in [2.75, 3.05) is 11.4 Å². The van der Waals surface area contributed by atoms with Crippen molar-refractivity contribution in [2.45, 2.75) is 6.42 Å². The zero-order chi connectivity index (χ0) is 16.4. The van der Waals surface area contributed by atoms with Crippen LogP contribution in [-0.2, 0) is 9.59 Å². The summed E-state index contributed by atoms with van der Waals surface area (Å²) < 4.78 is 0. The summed E-state index contributed by atoms with van der Waals surface area (Å²) in [5, 5.41) is 0. The number of ketones is 1. The van der Waals surface area contributed by atoms with Crippen LogP contribution >= 0.6 is 0 Å². The van der Waals surface area contributed by atoms with E-state index in [4.69, 9.17) is 5.73 Å². The Morgan fingerprint density at radius 1 is 1.00 bits per heavy atom. The van der Waals surface area contributed by atoms with E-state index < -0.39 is 11.8 Å². The molecular weight excluding hydrogens is 292 g/mol. The summed E-state index contributed by atoms with van der Waals surface area (Å²) in [4.78, 5) is 37.7.